The van der Waals surface area contributed by atoms with Crippen LogP contribution in [0.4, 0.5) is 0 Å². The zero-order valence-corrected chi connectivity index (χ0v) is 18.1. The van der Waals surface area contributed by atoms with Crippen LogP contribution in [0.15, 0.2) is 35.9 Å². The van der Waals surface area contributed by atoms with Crippen LogP contribution in [-0.2, 0) is 4.79 Å². The maximum Gasteiger partial charge on any atom is 0.335 e. The van der Waals surface area contributed by atoms with E-state index in [4.69, 9.17) is 5.11 Å². The minimum atomic E-state index is -1.01. The van der Waals surface area contributed by atoms with Gasteiger partial charge in [-0.3, -0.25) is 4.79 Å². The molecule has 0 radical (unpaired) electrons. The van der Waals surface area contributed by atoms with Gasteiger partial charge in [0.1, 0.15) is 5.60 Å². The smallest absolute Gasteiger partial charge is 0.335 e. The van der Waals surface area contributed by atoms with E-state index < -0.39 is 11.6 Å². The second-order valence-electron chi connectivity index (χ2n) is 10.3. The highest BCUT2D eigenvalue weighted by Crippen LogP contribution is 2.64. The molecule has 0 aromatic heterocycles. The second kappa shape index (κ2) is 7.35. The van der Waals surface area contributed by atoms with Crippen molar-refractivity contribution < 1.29 is 19.8 Å². The van der Waals surface area contributed by atoms with Gasteiger partial charge in [-0.1, -0.05) is 24.3 Å². The fraction of sp³-hybridized carbons (Fsp3) is 0.556. The molecule has 0 amide bonds. The summed E-state index contributed by atoms with van der Waals surface area (Å²) in [6, 6.07) is 6.54. The largest absolute Gasteiger partial charge is 0.478 e. The Labute approximate surface area is 183 Å². The summed E-state index contributed by atoms with van der Waals surface area (Å²) < 4.78 is 0. The summed E-state index contributed by atoms with van der Waals surface area (Å²) in [5.74, 6) is 7.99. The number of ketones is 1. The monoisotopic (exact) mass is 418 g/mol. The number of fused-ring (bicyclic) bond motifs is 5. The fourth-order valence-electron chi connectivity index (χ4n) is 7.27. The lowest BCUT2D eigenvalue weighted by Gasteiger charge is -2.54. The molecule has 4 heteroatoms. The van der Waals surface area contributed by atoms with E-state index in [1.165, 1.54) is 5.57 Å². The molecule has 5 rings (SSSR count). The van der Waals surface area contributed by atoms with Crippen molar-refractivity contribution in [2.45, 2.75) is 63.9 Å². The number of allylic oxidation sites excluding steroid dienone is 1. The van der Waals surface area contributed by atoms with Crippen LogP contribution in [0.5, 0.6) is 0 Å². The number of benzene rings is 1. The van der Waals surface area contributed by atoms with E-state index >= 15 is 0 Å². The van der Waals surface area contributed by atoms with Crippen LogP contribution in [0, 0.1) is 40.9 Å². The van der Waals surface area contributed by atoms with Crippen molar-refractivity contribution in [3.63, 3.8) is 0 Å². The molecule has 4 unspecified atom stereocenters. The number of aliphatic hydroxyl groups is 1. The Morgan fingerprint density at radius 1 is 1.03 bits per heavy atom. The Morgan fingerprint density at radius 3 is 2.55 bits per heavy atom. The van der Waals surface area contributed by atoms with Crippen LogP contribution in [0.2, 0.25) is 0 Å². The van der Waals surface area contributed by atoms with Gasteiger partial charge in [-0.15, -0.1) is 0 Å². The normalized spacial score (nSPS) is 38.8. The molecular weight excluding hydrogens is 388 g/mol. The van der Waals surface area contributed by atoms with Crippen LogP contribution in [-0.4, -0.2) is 27.6 Å². The van der Waals surface area contributed by atoms with Crippen LogP contribution in [0.25, 0.3) is 0 Å². The second-order valence-corrected chi connectivity index (χ2v) is 10.3. The molecule has 0 spiro atoms. The molecule has 4 nitrogen and oxygen atoms in total. The minimum absolute atomic E-state index is 0.214. The highest BCUT2D eigenvalue weighted by atomic mass is 16.4. The third-order valence-electron chi connectivity index (χ3n) is 9.00. The van der Waals surface area contributed by atoms with Crippen molar-refractivity contribution in [1.29, 1.82) is 0 Å². The first-order valence-corrected chi connectivity index (χ1v) is 11.6. The number of carboxylic acid groups (broad SMARTS) is 1. The predicted octanol–water partition coefficient (Wildman–Crippen LogP) is 4.61. The Kier molecular flexibility index (Phi) is 4.86. The number of carboxylic acids is 1. The van der Waals surface area contributed by atoms with E-state index in [1.807, 2.05) is 6.08 Å². The van der Waals surface area contributed by atoms with Crippen molar-refractivity contribution in [1.82, 2.24) is 0 Å². The van der Waals surface area contributed by atoms with Gasteiger partial charge in [-0.2, -0.15) is 0 Å². The average Bonchev–Trinajstić information content (AvgIpc) is 3.03. The Bertz CT molecular complexity index is 1010. The van der Waals surface area contributed by atoms with Crippen molar-refractivity contribution in [2.24, 2.45) is 29.1 Å². The zero-order chi connectivity index (χ0) is 21.8. The predicted molar refractivity (Wildman–Crippen MR) is 117 cm³/mol. The van der Waals surface area contributed by atoms with Gasteiger partial charge in [0.25, 0.3) is 0 Å². The Morgan fingerprint density at radius 2 is 1.81 bits per heavy atom. The number of rotatable bonds is 1. The van der Waals surface area contributed by atoms with Gasteiger partial charge >= 0.3 is 5.97 Å². The highest BCUT2D eigenvalue weighted by molar-refractivity contribution is 5.91. The maximum atomic E-state index is 11.9. The number of hydrogen-bond acceptors (Lipinski definition) is 3. The molecule has 31 heavy (non-hydrogen) atoms. The molecule has 0 bridgehead atoms. The molecule has 3 saturated carbocycles. The van der Waals surface area contributed by atoms with Gasteiger partial charge < -0.3 is 10.2 Å². The minimum Gasteiger partial charge on any atom is -0.478 e. The number of carbonyl (C=O) groups excluding carboxylic acids is 1. The van der Waals surface area contributed by atoms with E-state index in [-0.39, 0.29) is 11.0 Å². The Balaban J connectivity index is 1.39. The lowest BCUT2D eigenvalue weighted by atomic mass is 9.50. The zero-order valence-electron chi connectivity index (χ0n) is 18.1. The molecule has 4 aliphatic rings. The molecule has 162 valence electrons. The fourth-order valence-corrected chi connectivity index (χ4v) is 7.27. The summed E-state index contributed by atoms with van der Waals surface area (Å²) in [7, 11) is 0. The van der Waals surface area contributed by atoms with Crippen LogP contribution >= 0.6 is 0 Å². The molecular formula is C27H30O4. The highest BCUT2D eigenvalue weighted by Gasteiger charge is 2.62. The summed E-state index contributed by atoms with van der Waals surface area (Å²) in [4.78, 5) is 22.9. The molecule has 6 atom stereocenters. The van der Waals surface area contributed by atoms with E-state index in [9.17, 15) is 14.7 Å². The van der Waals surface area contributed by atoms with Gasteiger partial charge in [0, 0.05) is 17.4 Å². The first-order chi connectivity index (χ1) is 14.8. The number of hydrogen-bond donors (Lipinski definition) is 2. The Hall–Kier alpha value is -2.38. The molecule has 4 aliphatic carbocycles. The van der Waals surface area contributed by atoms with Gasteiger partial charge in [-0.05, 0) is 99.0 Å². The molecule has 2 N–H and O–H groups in total. The number of aromatic carboxylic acids is 1. The van der Waals surface area contributed by atoms with E-state index in [0.717, 1.165) is 44.1 Å². The van der Waals surface area contributed by atoms with Crippen LogP contribution in [0.3, 0.4) is 0 Å². The SMILES string of the molecule is C[C@]12CCC3C4CCC(=O)C=C4CCC3C1CC[C@@]2(O)C#Cc1ccc(C(=O)O)cc1. The number of carbonyl (C=O) groups is 2. The van der Waals surface area contributed by atoms with Crippen molar-refractivity contribution in [3.05, 3.63) is 47.0 Å². The average molecular weight is 419 g/mol. The van der Waals surface area contributed by atoms with Gasteiger partial charge in [0.15, 0.2) is 5.78 Å². The topological polar surface area (TPSA) is 74.6 Å². The van der Waals surface area contributed by atoms with Gasteiger partial charge in [0.05, 0.1) is 5.56 Å². The molecule has 1 aromatic carbocycles. The third-order valence-corrected chi connectivity index (χ3v) is 9.00. The molecule has 0 saturated heterocycles. The van der Waals surface area contributed by atoms with E-state index in [0.29, 0.717) is 42.3 Å². The summed E-state index contributed by atoms with van der Waals surface area (Å²) in [5, 5.41) is 20.7. The summed E-state index contributed by atoms with van der Waals surface area (Å²) >= 11 is 0. The van der Waals surface area contributed by atoms with Crippen LogP contribution in [0.1, 0.15) is 74.2 Å². The molecule has 0 aliphatic heterocycles. The summed E-state index contributed by atoms with van der Waals surface area (Å²) in [6.07, 6.45) is 9.57. The van der Waals surface area contributed by atoms with Gasteiger partial charge in [0.2, 0.25) is 0 Å². The third kappa shape index (κ3) is 3.26. The summed E-state index contributed by atoms with van der Waals surface area (Å²) in [5.41, 5.74) is 1.14. The summed E-state index contributed by atoms with van der Waals surface area (Å²) in [6.45, 7) is 2.23. The molecule has 1 aromatic rings. The molecule has 0 heterocycles. The van der Waals surface area contributed by atoms with E-state index in [1.54, 1.807) is 24.3 Å². The standard InChI is InChI=1S/C27H30O4/c1-26-13-11-22-21-9-7-20(28)16-19(21)6-8-23(22)24(26)12-15-27(26,31)14-10-17-2-4-18(5-3-17)25(29)30/h2-5,16,21-24,31H,6-9,11-13,15H2,1H3,(H,29,30)/t21?,22?,23?,24?,26-,27-/m0/s1. The van der Waals surface area contributed by atoms with Gasteiger partial charge in [-0.25, -0.2) is 4.79 Å². The van der Waals surface area contributed by atoms with Crippen LogP contribution < -0.4 is 0 Å². The lowest BCUT2D eigenvalue weighted by Crippen LogP contribution is -2.52. The molecule has 3 fully saturated rings. The first-order valence-electron chi connectivity index (χ1n) is 11.6. The lowest BCUT2D eigenvalue weighted by molar-refractivity contribution is -0.116. The maximum absolute atomic E-state index is 11.9. The van der Waals surface area contributed by atoms with E-state index in [2.05, 4.69) is 18.8 Å². The van der Waals surface area contributed by atoms with Crippen molar-refractivity contribution in [3.8, 4) is 11.8 Å². The first kappa shape index (κ1) is 20.5. The van der Waals surface area contributed by atoms with Crippen molar-refractivity contribution in [2.75, 3.05) is 0 Å². The van der Waals surface area contributed by atoms with Crippen molar-refractivity contribution >= 4 is 11.8 Å². The quantitative estimate of drug-likeness (QED) is 0.653.